The molecule has 2 aromatic heterocycles. The number of rotatable bonds is 2. The molecule has 0 aliphatic carbocycles. The van der Waals surface area contributed by atoms with Crippen LogP contribution < -0.4 is 10.1 Å². The van der Waals surface area contributed by atoms with Gasteiger partial charge in [-0.1, -0.05) is 47.6 Å². The molecule has 2 aliphatic rings. The fourth-order valence-corrected chi connectivity index (χ4v) is 4.34. The SMILES string of the molecule is Cc1ccccc1[C@H]1Oc2ccccc2C2=C1[C@@H](c1cccnc1)n1nnnc1N2. The van der Waals surface area contributed by atoms with E-state index in [1.165, 1.54) is 5.56 Å². The molecular weight excluding hydrogens is 376 g/mol. The first-order chi connectivity index (χ1) is 14.8. The average Bonchev–Trinajstić information content (AvgIpc) is 3.26. The minimum absolute atomic E-state index is 0.238. The summed E-state index contributed by atoms with van der Waals surface area (Å²) in [5.41, 5.74) is 6.34. The van der Waals surface area contributed by atoms with Gasteiger partial charge in [0, 0.05) is 23.5 Å². The summed E-state index contributed by atoms with van der Waals surface area (Å²) in [4.78, 5) is 4.35. The Balaban J connectivity index is 1.66. The van der Waals surface area contributed by atoms with E-state index in [1.807, 2.05) is 42.6 Å². The van der Waals surface area contributed by atoms with Crippen LogP contribution in [0, 0.1) is 6.92 Å². The molecule has 0 saturated carbocycles. The maximum absolute atomic E-state index is 6.61. The van der Waals surface area contributed by atoms with E-state index in [1.54, 1.807) is 10.9 Å². The van der Waals surface area contributed by atoms with Crippen molar-refractivity contribution in [1.82, 2.24) is 25.2 Å². The first-order valence-corrected chi connectivity index (χ1v) is 9.82. The van der Waals surface area contributed by atoms with Crippen molar-refractivity contribution >= 4 is 11.6 Å². The van der Waals surface area contributed by atoms with Crippen LogP contribution in [-0.2, 0) is 0 Å². The summed E-state index contributed by atoms with van der Waals surface area (Å²) >= 11 is 0. The van der Waals surface area contributed by atoms with Crippen molar-refractivity contribution < 1.29 is 4.74 Å². The highest BCUT2D eigenvalue weighted by molar-refractivity contribution is 5.85. The number of aryl methyl sites for hydroxylation is 1. The van der Waals surface area contributed by atoms with E-state index in [0.29, 0.717) is 5.95 Å². The van der Waals surface area contributed by atoms with E-state index in [0.717, 1.165) is 33.7 Å². The van der Waals surface area contributed by atoms with Crippen molar-refractivity contribution in [3.05, 3.63) is 101 Å². The molecule has 0 spiro atoms. The monoisotopic (exact) mass is 394 g/mol. The third-order valence-electron chi connectivity index (χ3n) is 5.71. The Kier molecular flexibility index (Phi) is 3.67. The minimum atomic E-state index is -0.286. The van der Waals surface area contributed by atoms with Crippen LogP contribution in [-0.4, -0.2) is 25.2 Å². The first-order valence-electron chi connectivity index (χ1n) is 9.82. The second kappa shape index (κ2) is 6.52. The van der Waals surface area contributed by atoms with E-state index in [-0.39, 0.29) is 12.1 Å². The van der Waals surface area contributed by atoms with E-state index < -0.39 is 0 Å². The number of anilines is 1. The van der Waals surface area contributed by atoms with Gasteiger partial charge in [0.1, 0.15) is 17.9 Å². The zero-order valence-electron chi connectivity index (χ0n) is 16.2. The molecule has 2 aromatic carbocycles. The molecule has 0 radical (unpaired) electrons. The summed E-state index contributed by atoms with van der Waals surface area (Å²) < 4.78 is 8.42. The zero-order chi connectivity index (χ0) is 20.1. The fraction of sp³-hybridized carbons (Fsp3) is 0.130. The van der Waals surface area contributed by atoms with Crippen molar-refractivity contribution in [3.63, 3.8) is 0 Å². The number of tetrazole rings is 1. The topological polar surface area (TPSA) is 77.8 Å². The van der Waals surface area contributed by atoms with Gasteiger partial charge >= 0.3 is 0 Å². The molecule has 1 N–H and O–H groups in total. The largest absolute Gasteiger partial charge is 0.480 e. The molecule has 0 fully saturated rings. The van der Waals surface area contributed by atoms with Gasteiger partial charge in [0.05, 0.1) is 5.70 Å². The van der Waals surface area contributed by atoms with Gasteiger partial charge in [-0.2, -0.15) is 4.68 Å². The van der Waals surface area contributed by atoms with Gasteiger partial charge in [0.2, 0.25) is 5.95 Å². The Morgan fingerprint density at radius 1 is 1.00 bits per heavy atom. The van der Waals surface area contributed by atoms with Crippen LogP contribution in [0.2, 0.25) is 0 Å². The Hall–Kier alpha value is -4.00. The second-order valence-electron chi connectivity index (χ2n) is 7.44. The Morgan fingerprint density at radius 2 is 1.87 bits per heavy atom. The summed E-state index contributed by atoms with van der Waals surface area (Å²) in [5.74, 6) is 1.44. The summed E-state index contributed by atoms with van der Waals surface area (Å²) in [6.07, 6.45) is 3.35. The Bertz CT molecular complexity index is 1280. The van der Waals surface area contributed by atoms with Gasteiger partial charge in [-0.25, -0.2) is 0 Å². The summed E-state index contributed by atoms with van der Waals surface area (Å²) in [6, 6.07) is 20.1. The van der Waals surface area contributed by atoms with Crippen LogP contribution in [0.5, 0.6) is 5.75 Å². The highest BCUT2D eigenvalue weighted by Gasteiger charge is 2.41. The number of ether oxygens (including phenoxy) is 1. The number of hydrogen-bond donors (Lipinski definition) is 1. The molecule has 0 saturated heterocycles. The Morgan fingerprint density at radius 3 is 2.73 bits per heavy atom. The van der Waals surface area contributed by atoms with Crippen molar-refractivity contribution in [2.45, 2.75) is 19.1 Å². The van der Waals surface area contributed by atoms with Crippen molar-refractivity contribution in [3.8, 4) is 5.75 Å². The molecule has 6 rings (SSSR count). The van der Waals surface area contributed by atoms with Gasteiger partial charge in [-0.15, -0.1) is 0 Å². The van der Waals surface area contributed by atoms with E-state index >= 15 is 0 Å². The highest BCUT2D eigenvalue weighted by atomic mass is 16.5. The lowest BCUT2D eigenvalue weighted by atomic mass is 9.84. The highest BCUT2D eigenvalue weighted by Crippen LogP contribution is 2.50. The molecule has 30 heavy (non-hydrogen) atoms. The maximum Gasteiger partial charge on any atom is 0.248 e. The quantitative estimate of drug-likeness (QED) is 0.555. The third-order valence-corrected chi connectivity index (χ3v) is 5.71. The van der Waals surface area contributed by atoms with Gasteiger partial charge in [0.25, 0.3) is 0 Å². The molecule has 4 heterocycles. The second-order valence-corrected chi connectivity index (χ2v) is 7.44. The summed E-state index contributed by atoms with van der Waals surface area (Å²) in [7, 11) is 0. The normalized spacial score (nSPS) is 19.2. The van der Waals surface area contributed by atoms with Gasteiger partial charge in [-0.3, -0.25) is 4.98 Å². The lowest BCUT2D eigenvalue weighted by Crippen LogP contribution is -2.32. The average molecular weight is 394 g/mol. The molecular formula is C23H18N6O. The number of aromatic nitrogens is 5. The van der Waals surface area contributed by atoms with Crippen LogP contribution in [0.25, 0.3) is 5.70 Å². The summed E-state index contributed by atoms with van der Waals surface area (Å²) in [6.45, 7) is 2.11. The van der Waals surface area contributed by atoms with Crippen LogP contribution in [0.1, 0.15) is 34.4 Å². The predicted octanol–water partition coefficient (Wildman–Crippen LogP) is 3.94. The Labute approximate surface area is 173 Å². The van der Waals surface area contributed by atoms with E-state index in [2.05, 4.69) is 57.0 Å². The first kappa shape index (κ1) is 16.9. The molecule has 7 nitrogen and oxygen atoms in total. The number of nitrogens with zero attached hydrogens (tertiary/aromatic N) is 5. The lowest BCUT2D eigenvalue weighted by Gasteiger charge is -2.38. The van der Waals surface area contributed by atoms with Crippen molar-refractivity contribution in [2.24, 2.45) is 0 Å². The standard InChI is InChI=1S/C23H18N6O/c1-14-7-2-3-9-16(14)22-19-20(17-10-4-5-11-18(17)30-22)25-23-26-27-28-29(23)21(19)15-8-6-12-24-13-15/h2-13,21-22H,1H3,(H,25,26,28)/t21-,22-/m1/s1. The lowest BCUT2D eigenvalue weighted by molar-refractivity contribution is 0.222. The van der Waals surface area contributed by atoms with Gasteiger partial charge in [0.15, 0.2) is 0 Å². The van der Waals surface area contributed by atoms with E-state index in [4.69, 9.17) is 4.74 Å². The van der Waals surface area contributed by atoms with Crippen molar-refractivity contribution in [1.29, 1.82) is 0 Å². The van der Waals surface area contributed by atoms with Crippen molar-refractivity contribution in [2.75, 3.05) is 5.32 Å². The fourth-order valence-electron chi connectivity index (χ4n) is 4.34. The van der Waals surface area contributed by atoms with Crippen LogP contribution in [0.4, 0.5) is 5.95 Å². The number of para-hydroxylation sites is 1. The molecule has 146 valence electrons. The molecule has 7 heteroatoms. The number of pyridine rings is 1. The number of nitrogens with one attached hydrogen (secondary N) is 1. The van der Waals surface area contributed by atoms with Crippen LogP contribution >= 0.6 is 0 Å². The molecule has 0 bridgehead atoms. The molecule has 2 aliphatic heterocycles. The van der Waals surface area contributed by atoms with Gasteiger partial charge < -0.3 is 10.1 Å². The molecule has 2 atom stereocenters. The minimum Gasteiger partial charge on any atom is -0.480 e. The number of fused-ring (bicyclic) bond motifs is 3. The van der Waals surface area contributed by atoms with E-state index in [9.17, 15) is 0 Å². The smallest absolute Gasteiger partial charge is 0.248 e. The molecule has 4 aromatic rings. The summed E-state index contributed by atoms with van der Waals surface area (Å²) in [5, 5.41) is 15.9. The predicted molar refractivity (Wildman–Crippen MR) is 112 cm³/mol. The van der Waals surface area contributed by atoms with Gasteiger partial charge in [-0.05, 0) is 52.2 Å². The zero-order valence-corrected chi connectivity index (χ0v) is 16.2. The molecule has 0 amide bonds. The van der Waals surface area contributed by atoms with Crippen LogP contribution in [0.3, 0.4) is 0 Å². The van der Waals surface area contributed by atoms with Crippen LogP contribution in [0.15, 0.2) is 78.6 Å². The third kappa shape index (κ3) is 2.45. The number of benzene rings is 2. The maximum atomic E-state index is 6.61. The number of hydrogen-bond acceptors (Lipinski definition) is 6. The molecule has 0 unspecified atom stereocenters.